The van der Waals surface area contributed by atoms with Crippen molar-refractivity contribution in [1.29, 1.82) is 0 Å². The van der Waals surface area contributed by atoms with Crippen molar-refractivity contribution in [2.45, 2.75) is 19.8 Å². The number of nitrogens with one attached hydrogen (secondary N) is 2. The Balaban J connectivity index is 2.31. The van der Waals surface area contributed by atoms with Crippen molar-refractivity contribution in [2.24, 2.45) is 0 Å². The highest BCUT2D eigenvalue weighted by atomic mass is 16.4. The van der Waals surface area contributed by atoms with Crippen molar-refractivity contribution in [3.05, 3.63) is 23.5 Å². The molecule has 1 aromatic heterocycles. The fourth-order valence-electron chi connectivity index (χ4n) is 1.24. The third kappa shape index (κ3) is 3.46. The number of H-pyrrole nitrogens is 1. The molecule has 0 fully saturated rings. The zero-order valence-electron chi connectivity index (χ0n) is 8.54. The van der Waals surface area contributed by atoms with Gasteiger partial charge < -0.3 is 15.4 Å². The van der Waals surface area contributed by atoms with Gasteiger partial charge in [-0.1, -0.05) is 0 Å². The van der Waals surface area contributed by atoms with Gasteiger partial charge >= 0.3 is 5.97 Å². The Morgan fingerprint density at radius 2 is 2.27 bits per heavy atom. The Morgan fingerprint density at radius 3 is 2.80 bits per heavy atom. The van der Waals surface area contributed by atoms with Crippen LogP contribution in [-0.4, -0.2) is 28.5 Å². The third-order valence-electron chi connectivity index (χ3n) is 2.05. The van der Waals surface area contributed by atoms with Crippen LogP contribution in [0.1, 0.15) is 28.9 Å². The molecule has 1 heterocycles. The van der Waals surface area contributed by atoms with Crippen LogP contribution in [0.5, 0.6) is 0 Å². The smallest absolute Gasteiger partial charge is 0.303 e. The zero-order valence-corrected chi connectivity index (χ0v) is 8.54. The molecule has 0 unspecified atom stereocenters. The quantitative estimate of drug-likeness (QED) is 0.632. The van der Waals surface area contributed by atoms with Gasteiger partial charge in [-0.15, -0.1) is 0 Å². The average Bonchev–Trinajstić information content (AvgIpc) is 2.58. The van der Waals surface area contributed by atoms with Gasteiger partial charge in [0.15, 0.2) is 0 Å². The molecule has 3 N–H and O–H groups in total. The summed E-state index contributed by atoms with van der Waals surface area (Å²) in [6.07, 6.45) is 2.22. The summed E-state index contributed by atoms with van der Waals surface area (Å²) >= 11 is 0. The molecular weight excluding hydrogens is 196 g/mol. The molecule has 5 nitrogen and oxygen atoms in total. The Bertz CT molecular complexity index is 357. The van der Waals surface area contributed by atoms with Crippen molar-refractivity contribution in [2.75, 3.05) is 6.54 Å². The molecule has 0 aliphatic carbocycles. The van der Waals surface area contributed by atoms with Gasteiger partial charge in [0.2, 0.25) is 0 Å². The van der Waals surface area contributed by atoms with E-state index in [-0.39, 0.29) is 12.3 Å². The highest BCUT2D eigenvalue weighted by molar-refractivity contribution is 5.95. The molecule has 0 saturated carbocycles. The molecule has 1 rings (SSSR count). The van der Waals surface area contributed by atoms with Gasteiger partial charge in [0.25, 0.3) is 5.91 Å². The molecule has 1 aromatic rings. The summed E-state index contributed by atoms with van der Waals surface area (Å²) in [6.45, 7) is 2.20. The predicted octanol–water partition coefficient (Wildman–Crippen LogP) is 0.918. The minimum atomic E-state index is -0.845. The number of aromatic nitrogens is 1. The van der Waals surface area contributed by atoms with Crippen LogP contribution in [-0.2, 0) is 4.79 Å². The van der Waals surface area contributed by atoms with Crippen LogP contribution < -0.4 is 5.32 Å². The lowest BCUT2D eigenvalue weighted by Crippen LogP contribution is -2.25. The van der Waals surface area contributed by atoms with Gasteiger partial charge in [-0.05, 0) is 19.4 Å². The lowest BCUT2D eigenvalue weighted by atomic mass is 10.2. The first-order valence-electron chi connectivity index (χ1n) is 4.75. The number of hydrogen-bond donors (Lipinski definition) is 3. The first kappa shape index (κ1) is 11.3. The molecule has 0 aromatic carbocycles. The molecule has 1 amide bonds. The molecule has 5 heteroatoms. The molecule has 0 aliphatic rings. The van der Waals surface area contributed by atoms with Gasteiger partial charge in [-0.3, -0.25) is 9.59 Å². The van der Waals surface area contributed by atoms with Gasteiger partial charge in [0, 0.05) is 24.9 Å². The maximum atomic E-state index is 11.5. The molecule has 82 valence electrons. The molecule has 0 saturated heterocycles. The van der Waals surface area contributed by atoms with E-state index in [0.29, 0.717) is 18.5 Å². The van der Waals surface area contributed by atoms with Crippen LogP contribution in [0, 0.1) is 6.92 Å². The second-order valence-electron chi connectivity index (χ2n) is 3.27. The van der Waals surface area contributed by atoms with Gasteiger partial charge in [-0.2, -0.15) is 0 Å². The highest BCUT2D eigenvalue weighted by Gasteiger charge is 2.08. The van der Waals surface area contributed by atoms with Crippen LogP contribution in [0.2, 0.25) is 0 Å². The Hall–Kier alpha value is -1.78. The fraction of sp³-hybridized carbons (Fsp3) is 0.400. The van der Waals surface area contributed by atoms with Crippen molar-refractivity contribution < 1.29 is 14.7 Å². The lowest BCUT2D eigenvalue weighted by Gasteiger charge is -2.03. The van der Waals surface area contributed by atoms with E-state index in [9.17, 15) is 9.59 Å². The van der Waals surface area contributed by atoms with E-state index in [1.807, 2.05) is 6.92 Å². The third-order valence-corrected chi connectivity index (χ3v) is 2.05. The summed E-state index contributed by atoms with van der Waals surface area (Å²) in [6, 6.07) is 1.70. The van der Waals surface area contributed by atoms with Crippen molar-refractivity contribution in [3.8, 4) is 0 Å². The molecule has 0 radical (unpaired) electrons. The Kier molecular flexibility index (Phi) is 3.91. The minimum absolute atomic E-state index is 0.0758. The summed E-state index contributed by atoms with van der Waals surface area (Å²) in [4.78, 5) is 24.6. The number of aryl methyl sites for hydroxylation is 1. The Morgan fingerprint density at radius 1 is 1.53 bits per heavy atom. The van der Waals surface area contributed by atoms with Gasteiger partial charge in [0.1, 0.15) is 0 Å². The number of carbonyl (C=O) groups excluding carboxylic acids is 1. The van der Waals surface area contributed by atoms with Gasteiger partial charge in [-0.25, -0.2) is 0 Å². The molecule has 0 atom stereocenters. The normalized spacial score (nSPS) is 9.93. The summed E-state index contributed by atoms with van der Waals surface area (Å²) in [5.41, 5.74) is 1.41. The molecule has 0 spiro atoms. The summed E-state index contributed by atoms with van der Waals surface area (Å²) < 4.78 is 0. The topological polar surface area (TPSA) is 82.2 Å². The summed E-state index contributed by atoms with van der Waals surface area (Å²) in [7, 11) is 0. The molecule has 0 aliphatic heterocycles. The largest absolute Gasteiger partial charge is 0.481 e. The van der Waals surface area contributed by atoms with E-state index in [0.717, 1.165) is 5.69 Å². The second kappa shape index (κ2) is 5.19. The molecular formula is C10H14N2O3. The van der Waals surface area contributed by atoms with Crippen LogP contribution in [0.4, 0.5) is 0 Å². The summed E-state index contributed by atoms with van der Waals surface area (Å²) in [5.74, 6) is -1.01. The number of aliphatic carboxylic acids is 1. The van der Waals surface area contributed by atoms with Crippen LogP contribution >= 0.6 is 0 Å². The average molecular weight is 210 g/mol. The Labute approximate surface area is 87.5 Å². The number of carboxylic acid groups (broad SMARTS) is 1. The van der Waals surface area contributed by atoms with E-state index in [1.54, 1.807) is 12.3 Å². The van der Waals surface area contributed by atoms with Gasteiger partial charge in [0.05, 0.1) is 5.56 Å². The van der Waals surface area contributed by atoms with Crippen LogP contribution in [0.25, 0.3) is 0 Å². The van der Waals surface area contributed by atoms with E-state index >= 15 is 0 Å². The predicted molar refractivity (Wildman–Crippen MR) is 54.7 cm³/mol. The molecule has 0 bridgehead atoms. The zero-order chi connectivity index (χ0) is 11.3. The molecule has 15 heavy (non-hydrogen) atoms. The standard InChI is InChI=1S/C10H14N2O3/c1-7-8(4-6-11-7)10(15)12-5-2-3-9(13)14/h4,6,11H,2-3,5H2,1H3,(H,12,15)(H,13,14). The number of hydrogen-bond acceptors (Lipinski definition) is 2. The van der Waals surface area contributed by atoms with Crippen LogP contribution in [0.3, 0.4) is 0 Å². The van der Waals surface area contributed by atoms with E-state index < -0.39 is 5.97 Å². The van der Waals surface area contributed by atoms with Crippen LogP contribution in [0.15, 0.2) is 12.3 Å². The number of carboxylic acids is 1. The van der Waals surface area contributed by atoms with Crippen molar-refractivity contribution in [1.82, 2.24) is 10.3 Å². The number of rotatable bonds is 5. The first-order valence-corrected chi connectivity index (χ1v) is 4.75. The number of aromatic amines is 1. The minimum Gasteiger partial charge on any atom is -0.481 e. The first-order chi connectivity index (χ1) is 7.11. The maximum absolute atomic E-state index is 11.5. The number of amides is 1. The summed E-state index contributed by atoms with van der Waals surface area (Å²) in [5, 5.41) is 11.0. The SMILES string of the molecule is Cc1[nH]ccc1C(=O)NCCCC(=O)O. The maximum Gasteiger partial charge on any atom is 0.303 e. The van der Waals surface area contributed by atoms with Crippen molar-refractivity contribution >= 4 is 11.9 Å². The van der Waals surface area contributed by atoms with E-state index in [4.69, 9.17) is 5.11 Å². The highest BCUT2D eigenvalue weighted by Crippen LogP contribution is 2.04. The van der Waals surface area contributed by atoms with E-state index in [1.165, 1.54) is 0 Å². The monoisotopic (exact) mass is 210 g/mol. The number of carbonyl (C=O) groups is 2. The van der Waals surface area contributed by atoms with E-state index in [2.05, 4.69) is 10.3 Å². The fourth-order valence-corrected chi connectivity index (χ4v) is 1.24. The second-order valence-corrected chi connectivity index (χ2v) is 3.27. The van der Waals surface area contributed by atoms with Crippen molar-refractivity contribution in [3.63, 3.8) is 0 Å². The lowest BCUT2D eigenvalue weighted by molar-refractivity contribution is -0.137.